The molecule has 0 radical (unpaired) electrons. The molecule has 1 N–H and O–H groups in total. The first-order chi connectivity index (χ1) is 14.4. The molecule has 152 valence electrons. The van der Waals surface area contributed by atoms with Gasteiger partial charge in [-0.15, -0.1) is 4.40 Å². The summed E-state index contributed by atoms with van der Waals surface area (Å²) in [4.78, 5) is 18.7. The molecule has 0 fully saturated rings. The smallest absolute Gasteiger partial charge is 0.285 e. The van der Waals surface area contributed by atoms with Crippen molar-refractivity contribution in [3.63, 3.8) is 0 Å². The predicted octanol–water partition coefficient (Wildman–Crippen LogP) is 3.48. The van der Waals surface area contributed by atoms with E-state index in [4.69, 9.17) is 0 Å². The second kappa shape index (κ2) is 7.72. The number of aromatic nitrogens is 1. The lowest BCUT2D eigenvalue weighted by Gasteiger charge is -2.25. The lowest BCUT2D eigenvalue weighted by molar-refractivity contribution is 0.0742. The highest BCUT2D eigenvalue weighted by Crippen LogP contribution is 2.27. The summed E-state index contributed by atoms with van der Waals surface area (Å²) in [5, 5.41) is 3.04. The van der Waals surface area contributed by atoms with Crippen LogP contribution in [0.5, 0.6) is 0 Å². The van der Waals surface area contributed by atoms with Gasteiger partial charge in [0.1, 0.15) is 4.90 Å². The van der Waals surface area contributed by atoms with Crippen molar-refractivity contribution in [3.05, 3.63) is 89.7 Å². The van der Waals surface area contributed by atoms with Crippen LogP contribution in [-0.2, 0) is 10.0 Å². The van der Waals surface area contributed by atoms with Crippen molar-refractivity contribution in [3.8, 4) is 0 Å². The average molecular weight is 420 g/mol. The van der Waals surface area contributed by atoms with Gasteiger partial charge in [0.15, 0.2) is 5.84 Å². The van der Waals surface area contributed by atoms with Crippen LogP contribution in [0.2, 0.25) is 0 Å². The van der Waals surface area contributed by atoms with Crippen molar-refractivity contribution in [2.24, 2.45) is 4.40 Å². The molecule has 0 aliphatic carbocycles. The molecule has 0 bridgehead atoms. The molecule has 1 atom stereocenters. The van der Waals surface area contributed by atoms with Gasteiger partial charge in [0.05, 0.1) is 6.04 Å². The Balaban J connectivity index is 1.50. The van der Waals surface area contributed by atoms with Gasteiger partial charge in [-0.3, -0.25) is 9.78 Å². The minimum absolute atomic E-state index is 0.104. The van der Waals surface area contributed by atoms with Gasteiger partial charge in [-0.2, -0.15) is 8.42 Å². The number of pyridine rings is 1. The number of carbonyl (C=O) groups is 1. The molecular formula is C22H20N4O3S. The Bertz CT molecular complexity index is 1220. The summed E-state index contributed by atoms with van der Waals surface area (Å²) in [6.07, 6.45) is 3.41. The number of rotatable bonds is 4. The molecule has 3 aromatic rings. The average Bonchev–Trinajstić information content (AvgIpc) is 3.03. The summed E-state index contributed by atoms with van der Waals surface area (Å²) in [6, 6.07) is 17.2. The maximum absolute atomic E-state index is 12.9. The highest BCUT2D eigenvalue weighted by atomic mass is 32.2. The summed E-state index contributed by atoms with van der Waals surface area (Å²) >= 11 is 0. The van der Waals surface area contributed by atoms with E-state index in [9.17, 15) is 13.2 Å². The monoisotopic (exact) mass is 420 g/mol. The number of amides is 1. The quantitative estimate of drug-likeness (QED) is 0.698. The van der Waals surface area contributed by atoms with E-state index in [1.807, 2.05) is 19.1 Å². The standard InChI is InChI=1S/C22H20N4O3S/c1-15(16-11-13-23-14-12-16)26(2)22(27)17-7-9-18(10-8-17)24-21-19-5-3-4-6-20(19)30(28,29)25-21/h3-15H,1-2H3,(H,24,25). The van der Waals surface area contributed by atoms with Crippen molar-refractivity contribution >= 4 is 27.5 Å². The summed E-state index contributed by atoms with van der Waals surface area (Å²) in [7, 11) is -1.92. The highest BCUT2D eigenvalue weighted by molar-refractivity contribution is 7.90. The molecule has 0 saturated heterocycles. The zero-order valence-electron chi connectivity index (χ0n) is 16.5. The van der Waals surface area contributed by atoms with Gasteiger partial charge in [-0.05, 0) is 61.0 Å². The number of fused-ring (bicyclic) bond motifs is 1. The minimum atomic E-state index is -3.68. The summed E-state index contributed by atoms with van der Waals surface area (Å²) in [5.74, 6) is 0.157. The Morgan fingerprint density at radius 2 is 1.67 bits per heavy atom. The second-order valence-electron chi connectivity index (χ2n) is 6.99. The van der Waals surface area contributed by atoms with Gasteiger partial charge >= 0.3 is 0 Å². The third-order valence-electron chi connectivity index (χ3n) is 5.12. The first-order valence-electron chi connectivity index (χ1n) is 9.35. The van der Waals surface area contributed by atoms with Crippen LogP contribution in [0.3, 0.4) is 0 Å². The number of sulfonamides is 1. The lowest BCUT2D eigenvalue weighted by Crippen LogP contribution is -2.29. The van der Waals surface area contributed by atoms with Crippen LogP contribution in [0.25, 0.3) is 0 Å². The largest absolute Gasteiger partial charge is 0.339 e. The fourth-order valence-corrected chi connectivity index (χ4v) is 4.45. The van der Waals surface area contributed by atoms with Gasteiger partial charge < -0.3 is 10.2 Å². The first kappa shape index (κ1) is 19.8. The summed E-state index contributed by atoms with van der Waals surface area (Å²) < 4.78 is 28.2. The molecular weight excluding hydrogens is 400 g/mol. The fourth-order valence-electron chi connectivity index (χ4n) is 3.27. The Morgan fingerprint density at radius 3 is 2.37 bits per heavy atom. The molecule has 1 unspecified atom stereocenters. The first-order valence-corrected chi connectivity index (χ1v) is 10.8. The van der Waals surface area contributed by atoms with Gasteiger partial charge in [-0.1, -0.05) is 12.1 Å². The van der Waals surface area contributed by atoms with E-state index in [0.717, 1.165) is 5.56 Å². The van der Waals surface area contributed by atoms with Crippen LogP contribution in [-0.4, -0.2) is 37.1 Å². The van der Waals surface area contributed by atoms with Crippen LogP contribution in [0.15, 0.2) is 82.4 Å². The Morgan fingerprint density at radius 1 is 1.00 bits per heavy atom. The van der Waals surface area contributed by atoms with Crippen LogP contribution in [0, 0.1) is 0 Å². The normalized spacial score (nSPS) is 15.1. The van der Waals surface area contributed by atoms with E-state index in [1.165, 1.54) is 6.07 Å². The molecule has 0 spiro atoms. The third kappa shape index (κ3) is 3.69. The van der Waals surface area contributed by atoms with Gasteiger partial charge in [0, 0.05) is 36.3 Å². The number of nitrogens with zero attached hydrogens (tertiary/aromatic N) is 3. The van der Waals surface area contributed by atoms with Crippen LogP contribution >= 0.6 is 0 Å². The van der Waals surface area contributed by atoms with E-state index < -0.39 is 10.0 Å². The Hall–Kier alpha value is -3.52. The van der Waals surface area contributed by atoms with Crippen molar-refractivity contribution in [1.82, 2.24) is 9.88 Å². The number of carbonyl (C=O) groups excluding carboxylic acids is 1. The number of hydrogen-bond donors (Lipinski definition) is 1. The van der Waals surface area contributed by atoms with E-state index in [1.54, 1.807) is 66.8 Å². The lowest BCUT2D eigenvalue weighted by atomic mass is 10.1. The predicted molar refractivity (Wildman–Crippen MR) is 115 cm³/mol. The van der Waals surface area contributed by atoms with Gasteiger partial charge in [-0.25, -0.2) is 0 Å². The van der Waals surface area contributed by atoms with E-state index in [0.29, 0.717) is 16.8 Å². The molecule has 1 aliphatic rings. The number of anilines is 1. The Kier molecular flexibility index (Phi) is 5.09. The zero-order chi connectivity index (χ0) is 21.3. The maximum Gasteiger partial charge on any atom is 0.285 e. The second-order valence-corrected chi connectivity index (χ2v) is 8.56. The van der Waals surface area contributed by atoms with Crippen LogP contribution in [0.4, 0.5) is 5.69 Å². The van der Waals surface area contributed by atoms with Crippen molar-refractivity contribution < 1.29 is 13.2 Å². The summed E-state index contributed by atoms with van der Waals surface area (Å²) in [5.41, 5.74) is 2.70. The zero-order valence-corrected chi connectivity index (χ0v) is 17.3. The molecule has 30 heavy (non-hydrogen) atoms. The number of nitrogens with one attached hydrogen (secondary N) is 1. The third-order valence-corrected chi connectivity index (χ3v) is 6.45. The molecule has 1 amide bonds. The molecule has 8 heteroatoms. The van der Waals surface area contributed by atoms with Crippen molar-refractivity contribution in [2.45, 2.75) is 17.9 Å². The minimum Gasteiger partial charge on any atom is -0.339 e. The van der Waals surface area contributed by atoms with E-state index >= 15 is 0 Å². The van der Waals surface area contributed by atoms with E-state index in [-0.39, 0.29) is 22.7 Å². The molecule has 1 aromatic heterocycles. The van der Waals surface area contributed by atoms with Crippen molar-refractivity contribution in [1.29, 1.82) is 0 Å². The summed E-state index contributed by atoms with van der Waals surface area (Å²) in [6.45, 7) is 1.96. The Labute approximate surface area is 175 Å². The molecule has 0 saturated carbocycles. The molecule has 4 rings (SSSR count). The van der Waals surface area contributed by atoms with Crippen molar-refractivity contribution in [2.75, 3.05) is 12.4 Å². The number of benzene rings is 2. The van der Waals surface area contributed by atoms with Gasteiger partial charge in [0.2, 0.25) is 0 Å². The molecule has 2 heterocycles. The SMILES string of the molecule is CC(c1ccncc1)N(C)C(=O)c1ccc(NC2=NS(=O)(=O)c3ccccc32)cc1. The van der Waals surface area contributed by atoms with Crippen LogP contribution < -0.4 is 5.32 Å². The molecule has 2 aromatic carbocycles. The van der Waals surface area contributed by atoms with Gasteiger partial charge in [0.25, 0.3) is 15.9 Å². The van der Waals surface area contributed by atoms with E-state index in [2.05, 4.69) is 14.7 Å². The number of hydrogen-bond acceptors (Lipinski definition) is 5. The number of amidine groups is 1. The highest BCUT2D eigenvalue weighted by Gasteiger charge is 2.28. The maximum atomic E-state index is 12.9. The molecule has 1 aliphatic heterocycles. The topological polar surface area (TPSA) is 91.7 Å². The molecule has 7 nitrogen and oxygen atoms in total. The van der Waals surface area contributed by atoms with Crippen LogP contribution in [0.1, 0.15) is 34.5 Å². The fraction of sp³-hybridized carbons (Fsp3) is 0.136.